The first-order valence-corrected chi connectivity index (χ1v) is 7.85. The van der Waals surface area contributed by atoms with Crippen LogP contribution in [0.1, 0.15) is 16.6 Å². The van der Waals surface area contributed by atoms with Crippen molar-refractivity contribution in [2.24, 2.45) is 0 Å². The molecule has 1 aromatic heterocycles. The highest BCUT2D eigenvalue weighted by Gasteiger charge is 2.24. The van der Waals surface area contributed by atoms with Gasteiger partial charge in [-0.1, -0.05) is 23.2 Å². The molecule has 5 nitrogen and oxygen atoms in total. The van der Waals surface area contributed by atoms with Gasteiger partial charge in [0.05, 0.1) is 16.8 Å². The van der Waals surface area contributed by atoms with E-state index < -0.39 is 18.0 Å². The first kappa shape index (κ1) is 16.9. The fourth-order valence-corrected chi connectivity index (χ4v) is 3.61. The minimum Gasteiger partial charge on any atom is -0.495 e. The summed E-state index contributed by atoms with van der Waals surface area (Å²) in [5.74, 6) is -0.576. The van der Waals surface area contributed by atoms with Crippen LogP contribution in [0.3, 0.4) is 0 Å². The molecule has 118 valence electrons. The molecule has 0 aliphatic heterocycles. The second-order valence-electron chi connectivity index (χ2n) is 4.37. The molecule has 0 radical (unpaired) electrons. The summed E-state index contributed by atoms with van der Waals surface area (Å²) in [6.07, 6.45) is -0.913. The molecule has 2 rings (SSSR count). The van der Waals surface area contributed by atoms with Crippen LogP contribution in [0.5, 0.6) is 5.75 Å². The predicted octanol–water partition coefficient (Wildman–Crippen LogP) is 3.51. The highest BCUT2D eigenvalue weighted by Crippen LogP contribution is 2.43. The zero-order valence-electron chi connectivity index (χ0n) is 12.0. The van der Waals surface area contributed by atoms with Gasteiger partial charge in [-0.3, -0.25) is 4.79 Å². The lowest BCUT2D eigenvalue weighted by Crippen LogP contribution is -2.33. The van der Waals surface area contributed by atoms with E-state index in [2.05, 4.69) is 5.32 Å². The highest BCUT2D eigenvalue weighted by molar-refractivity contribution is 7.22. The number of amides is 1. The van der Waals surface area contributed by atoms with Gasteiger partial charge in [-0.15, -0.1) is 11.3 Å². The molecular formula is C14H13Cl2NO4S. The van der Waals surface area contributed by atoms with E-state index in [1.165, 1.54) is 21.1 Å². The molecule has 0 aliphatic rings. The number of methoxy groups -OCH3 is 1. The number of thiophene rings is 1. The number of rotatable bonds is 4. The van der Waals surface area contributed by atoms with Crippen molar-refractivity contribution < 1.29 is 19.1 Å². The summed E-state index contributed by atoms with van der Waals surface area (Å²) in [5.41, 5.74) is 0. The number of ether oxygens (including phenoxy) is 2. The Kier molecular flexibility index (Phi) is 5.16. The van der Waals surface area contributed by atoms with Gasteiger partial charge in [0.1, 0.15) is 15.6 Å². The molecule has 1 N–H and O–H groups in total. The Hall–Kier alpha value is -1.50. The predicted molar refractivity (Wildman–Crippen MR) is 87.3 cm³/mol. The van der Waals surface area contributed by atoms with E-state index >= 15 is 0 Å². The molecule has 1 atom stereocenters. The van der Waals surface area contributed by atoms with Gasteiger partial charge in [-0.25, -0.2) is 4.79 Å². The van der Waals surface area contributed by atoms with Crippen molar-refractivity contribution in [3.05, 3.63) is 27.1 Å². The quantitative estimate of drug-likeness (QED) is 0.846. The summed E-state index contributed by atoms with van der Waals surface area (Å²) in [4.78, 5) is 23.8. The van der Waals surface area contributed by atoms with E-state index in [1.54, 1.807) is 12.1 Å². The van der Waals surface area contributed by atoms with Crippen LogP contribution in [0, 0.1) is 0 Å². The maximum atomic E-state index is 12.2. The third-order valence-electron chi connectivity index (χ3n) is 3.01. The molecule has 1 aromatic carbocycles. The smallest absolute Gasteiger partial charge is 0.350 e. The largest absolute Gasteiger partial charge is 0.495 e. The normalized spacial score (nSPS) is 12.0. The standard InChI is InChI=1S/C14H13Cl2NO4S/c1-6(13(18)17-2)21-14(19)12-9(15)7-4-5-8(20-3)10(16)11(7)22-12/h4-6H,1-3H3,(H,17,18)/t6-/m0/s1. The minimum atomic E-state index is -0.913. The van der Waals surface area contributed by atoms with Crippen molar-refractivity contribution >= 4 is 56.5 Å². The van der Waals surface area contributed by atoms with Crippen LogP contribution in [-0.4, -0.2) is 32.1 Å². The summed E-state index contributed by atoms with van der Waals surface area (Å²) >= 11 is 13.5. The fraction of sp³-hybridized carbons (Fsp3) is 0.286. The van der Waals surface area contributed by atoms with Gasteiger partial charge in [0.25, 0.3) is 5.91 Å². The van der Waals surface area contributed by atoms with Crippen molar-refractivity contribution in [2.75, 3.05) is 14.2 Å². The average Bonchev–Trinajstić information content (AvgIpc) is 2.85. The van der Waals surface area contributed by atoms with Crippen LogP contribution in [-0.2, 0) is 9.53 Å². The minimum absolute atomic E-state index is 0.197. The molecule has 0 saturated carbocycles. The van der Waals surface area contributed by atoms with Crippen molar-refractivity contribution in [1.82, 2.24) is 5.32 Å². The van der Waals surface area contributed by atoms with Gasteiger partial charge in [-0.2, -0.15) is 0 Å². The second-order valence-corrected chi connectivity index (χ2v) is 6.14. The van der Waals surface area contributed by atoms with Crippen LogP contribution in [0.4, 0.5) is 0 Å². The SMILES string of the molecule is CNC(=O)[C@H](C)OC(=O)c1sc2c(Cl)c(OC)ccc2c1Cl. The first-order valence-electron chi connectivity index (χ1n) is 6.27. The Morgan fingerprint density at radius 2 is 1.95 bits per heavy atom. The number of hydrogen-bond donors (Lipinski definition) is 1. The monoisotopic (exact) mass is 361 g/mol. The molecule has 1 heterocycles. The first-order chi connectivity index (χ1) is 10.4. The molecular weight excluding hydrogens is 349 g/mol. The lowest BCUT2D eigenvalue weighted by molar-refractivity contribution is -0.128. The van der Waals surface area contributed by atoms with E-state index in [1.807, 2.05) is 0 Å². The summed E-state index contributed by atoms with van der Waals surface area (Å²) in [6, 6.07) is 3.39. The van der Waals surface area contributed by atoms with Crippen LogP contribution in [0.15, 0.2) is 12.1 Å². The number of halogens is 2. The molecule has 0 spiro atoms. The van der Waals surface area contributed by atoms with E-state index in [9.17, 15) is 9.59 Å². The maximum Gasteiger partial charge on any atom is 0.350 e. The Bertz CT molecular complexity index is 744. The number of nitrogens with one attached hydrogen (secondary N) is 1. The average molecular weight is 362 g/mol. The third-order valence-corrected chi connectivity index (χ3v) is 5.20. The fourth-order valence-electron chi connectivity index (χ4n) is 1.84. The molecule has 0 saturated heterocycles. The summed E-state index contributed by atoms with van der Waals surface area (Å²) in [6.45, 7) is 1.48. The number of benzene rings is 1. The molecule has 0 aliphatic carbocycles. The number of carbonyl (C=O) groups excluding carboxylic acids is 2. The van der Waals surface area contributed by atoms with Crippen LogP contribution < -0.4 is 10.1 Å². The van der Waals surface area contributed by atoms with Crippen molar-refractivity contribution in [2.45, 2.75) is 13.0 Å². The van der Waals surface area contributed by atoms with Gasteiger partial charge < -0.3 is 14.8 Å². The van der Waals surface area contributed by atoms with E-state index in [0.717, 1.165) is 11.3 Å². The zero-order chi connectivity index (χ0) is 16.4. The lowest BCUT2D eigenvalue weighted by Gasteiger charge is -2.10. The Morgan fingerprint density at radius 1 is 1.27 bits per heavy atom. The summed E-state index contributed by atoms with van der Waals surface area (Å²) < 4.78 is 10.9. The molecule has 22 heavy (non-hydrogen) atoms. The summed E-state index contributed by atoms with van der Waals surface area (Å²) in [5, 5.41) is 3.67. The van der Waals surface area contributed by atoms with Gasteiger partial charge in [0.2, 0.25) is 0 Å². The number of fused-ring (bicyclic) bond motifs is 1. The highest BCUT2D eigenvalue weighted by atomic mass is 35.5. The van der Waals surface area contributed by atoms with Gasteiger partial charge >= 0.3 is 5.97 Å². The molecule has 0 fully saturated rings. The Morgan fingerprint density at radius 3 is 2.55 bits per heavy atom. The molecule has 2 aromatic rings. The molecule has 0 unspecified atom stereocenters. The third kappa shape index (κ3) is 2.99. The van der Waals surface area contributed by atoms with Gasteiger partial charge in [0, 0.05) is 12.4 Å². The number of carbonyl (C=O) groups is 2. The zero-order valence-corrected chi connectivity index (χ0v) is 14.4. The van der Waals surface area contributed by atoms with E-state index in [0.29, 0.717) is 20.9 Å². The van der Waals surface area contributed by atoms with Gasteiger partial charge in [-0.05, 0) is 19.1 Å². The Balaban J connectivity index is 2.40. The van der Waals surface area contributed by atoms with Crippen LogP contribution in [0.25, 0.3) is 10.1 Å². The van der Waals surface area contributed by atoms with Crippen LogP contribution >= 0.6 is 34.5 Å². The van der Waals surface area contributed by atoms with Crippen LogP contribution in [0.2, 0.25) is 10.0 Å². The van der Waals surface area contributed by atoms with E-state index in [-0.39, 0.29) is 9.90 Å². The second kappa shape index (κ2) is 6.73. The van der Waals surface area contributed by atoms with Crippen molar-refractivity contribution in [3.63, 3.8) is 0 Å². The topological polar surface area (TPSA) is 64.6 Å². The van der Waals surface area contributed by atoms with Crippen molar-refractivity contribution in [3.8, 4) is 5.75 Å². The number of hydrogen-bond acceptors (Lipinski definition) is 5. The molecule has 8 heteroatoms. The van der Waals surface area contributed by atoms with Gasteiger partial charge in [0.15, 0.2) is 6.10 Å². The van der Waals surface area contributed by atoms with E-state index in [4.69, 9.17) is 32.7 Å². The Labute approximate surface area is 141 Å². The number of esters is 1. The lowest BCUT2D eigenvalue weighted by atomic mass is 10.2. The maximum absolute atomic E-state index is 12.2. The number of likely N-dealkylation sites (N-methyl/N-ethyl adjacent to an activating group) is 1. The molecule has 0 bridgehead atoms. The summed E-state index contributed by atoms with van der Waals surface area (Å²) in [7, 11) is 2.97. The molecule has 1 amide bonds. The van der Waals surface area contributed by atoms with Crippen molar-refractivity contribution in [1.29, 1.82) is 0 Å².